The van der Waals surface area contributed by atoms with Gasteiger partial charge in [-0.1, -0.05) is 50.1 Å². The molecule has 0 aliphatic heterocycles. The molecule has 0 radical (unpaired) electrons. The Balaban J connectivity index is 3.23. The van der Waals surface area contributed by atoms with Gasteiger partial charge in [-0.05, 0) is 31.7 Å². The van der Waals surface area contributed by atoms with Crippen LogP contribution in [0.15, 0.2) is 18.2 Å². The summed E-state index contributed by atoms with van der Waals surface area (Å²) in [6.45, 7) is 10.3. The Morgan fingerprint density at radius 3 is 1.93 bits per heavy atom. The highest BCUT2D eigenvalue weighted by molar-refractivity contribution is 5.32. The van der Waals surface area contributed by atoms with Crippen LogP contribution in [0.3, 0.4) is 0 Å². The predicted molar refractivity (Wildman–Crippen MR) is 64.9 cm³/mol. The van der Waals surface area contributed by atoms with Crippen LogP contribution in [0.2, 0.25) is 0 Å². The third-order valence-corrected chi connectivity index (χ3v) is 3.22. The Labute approximate surface area is 93.1 Å². The van der Waals surface area contributed by atoms with Crippen LogP contribution in [0, 0.1) is 19.8 Å². The molecule has 1 atom stereocenters. The Bertz CT molecular complexity index is 321. The molecule has 15 heavy (non-hydrogen) atoms. The highest BCUT2D eigenvalue weighted by Gasteiger charge is 2.31. The summed E-state index contributed by atoms with van der Waals surface area (Å²) in [5, 5.41) is 10.6. The number of rotatable bonds is 3. The van der Waals surface area contributed by atoms with Crippen molar-refractivity contribution in [2.75, 3.05) is 0 Å². The molecule has 0 fully saturated rings. The van der Waals surface area contributed by atoms with E-state index >= 15 is 0 Å². The molecule has 1 rings (SSSR count). The topological polar surface area (TPSA) is 20.2 Å². The molecule has 84 valence electrons. The van der Waals surface area contributed by atoms with E-state index in [2.05, 4.69) is 45.9 Å². The summed E-state index contributed by atoms with van der Waals surface area (Å²) in [6.07, 6.45) is 0.758. The first kappa shape index (κ1) is 12.3. The average Bonchev–Trinajstić information content (AvgIpc) is 2.14. The van der Waals surface area contributed by atoms with Crippen molar-refractivity contribution in [1.29, 1.82) is 0 Å². The lowest BCUT2D eigenvalue weighted by Gasteiger charge is -2.32. The fourth-order valence-corrected chi connectivity index (χ4v) is 2.17. The first-order valence-corrected chi connectivity index (χ1v) is 5.71. The van der Waals surface area contributed by atoms with Crippen molar-refractivity contribution in [3.63, 3.8) is 0 Å². The second-order valence-electron chi connectivity index (χ2n) is 4.81. The van der Waals surface area contributed by atoms with Gasteiger partial charge in [-0.15, -0.1) is 0 Å². The Morgan fingerprint density at radius 1 is 1.13 bits per heavy atom. The Morgan fingerprint density at radius 2 is 1.60 bits per heavy atom. The maximum atomic E-state index is 10.6. The molecule has 1 unspecified atom stereocenters. The molecule has 0 aliphatic carbocycles. The minimum atomic E-state index is -0.684. The van der Waals surface area contributed by atoms with E-state index in [4.69, 9.17) is 0 Å². The van der Waals surface area contributed by atoms with Gasteiger partial charge in [0, 0.05) is 0 Å². The zero-order valence-electron chi connectivity index (χ0n) is 10.5. The standard InChI is InChI=1S/C14H22O/c1-6-14(15,10(2)3)13-8-11(4)7-12(5)9-13/h7-10,15H,6H2,1-5H3. The van der Waals surface area contributed by atoms with Gasteiger partial charge in [0.15, 0.2) is 0 Å². The van der Waals surface area contributed by atoms with E-state index in [9.17, 15) is 5.11 Å². The van der Waals surface area contributed by atoms with Gasteiger partial charge in [-0.3, -0.25) is 0 Å². The second kappa shape index (κ2) is 4.36. The zero-order valence-corrected chi connectivity index (χ0v) is 10.5. The van der Waals surface area contributed by atoms with Crippen LogP contribution in [0.25, 0.3) is 0 Å². The lowest BCUT2D eigenvalue weighted by atomic mass is 9.80. The summed E-state index contributed by atoms with van der Waals surface area (Å²) >= 11 is 0. The molecule has 0 aromatic heterocycles. The smallest absolute Gasteiger partial charge is 0.0916 e. The number of hydrogen-bond acceptors (Lipinski definition) is 1. The van der Waals surface area contributed by atoms with Crippen molar-refractivity contribution in [1.82, 2.24) is 0 Å². The zero-order chi connectivity index (χ0) is 11.6. The van der Waals surface area contributed by atoms with E-state index in [1.54, 1.807) is 0 Å². The van der Waals surface area contributed by atoms with E-state index in [1.807, 2.05) is 6.92 Å². The number of aliphatic hydroxyl groups is 1. The van der Waals surface area contributed by atoms with Crippen LogP contribution in [-0.4, -0.2) is 5.11 Å². The van der Waals surface area contributed by atoms with Gasteiger partial charge in [0.05, 0.1) is 5.60 Å². The quantitative estimate of drug-likeness (QED) is 0.801. The first-order valence-electron chi connectivity index (χ1n) is 5.71. The lowest BCUT2D eigenvalue weighted by molar-refractivity contribution is -0.0141. The van der Waals surface area contributed by atoms with Gasteiger partial charge in [-0.2, -0.15) is 0 Å². The highest BCUT2D eigenvalue weighted by Crippen LogP contribution is 2.33. The maximum absolute atomic E-state index is 10.6. The molecule has 1 aromatic rings. The molecular weight excluding hydrogens is 184 g/mol. The average molecular weight is 206 g/mol. The van der Waals surface area contributed by atoms with E-state index in [-0.39, 0.29) is 5.92 Å². The van der Waals surface area contributed by atoms with Crippen molar-refractivity contribution < 1.29 is 5.11 Å². The monoisotopic (exact) mass is 206 g/mol. The van der Waals surface area contributed by atoms with Gasteiger partial charge in [0.1, 0.15) is 0 Å². The molecular formula is C14H22O. The van der Waals surface area contributed by atoms with E-state index < -0.39 is 5.60 Å². The fraction of sp³-hybridized carbons (Fsp3) is 0.571. The van der Waals surface area contributed by atoms with Gasteiger partial charge in [0.25, 0.3) is 0 Å². The summed E-state index contributed by atoms with van der Waals surface area (Å²) in [7, 11) is 0. The van der Waals surface area contributed by atoms with Crippen LogP contribution >= 0.6 is 0 Å². The summed E-state index contributed by atoms with van der Waals surface area (Å²) in [6, 6.07) is 6.33. The van der Waals surface area contributed by atoms with Gasteiger partial charge < -0.3 is 5.11 Å². The van der Waals surface area contributed by atoms with Crippen molar-refractivity contribution >= 4 is 0 Å². The molecule has 0 amide bonds. The third kappa shape index (κ3) is 2.40. The lowest BCUT2D eigenvalue weighted by Crippen LogP contribution is -2.31. The second-order valence-corrected chi connectivity index (χ2v) is 4.81. The SMILES string of the molecule is CCC(O)(c1cc(C)cc(C)c1)C(C)C. The molecule has 0 bridgehead atoms. The van der Waals surface area contributed by atoms with Gasteiger partial charge in [-0.25, -0.2) is 0 Å². The van der Waals surface area contributed by atoms with E-state index in [1.165, 1.54) is 11.1 Å². The van der Waals surface area contributed by atoms with E-state index in [0.717, 1.165) is 12.0 Å². The van der Waals surface area contributed by atoms with Gasteiger partial charge in [0.2, 0.25) is 0 Å². The molecule has 0 spiro atoms. The molecule has 0 aliphatic rings. The van der Waals surface area contributed by atoms with Crippen LogP contribution < -0.4 is 0 Å². The minimum absolute atomic E-state index is 0.240. The number of hydrogen-bond donors (Lipinski definition) is 1. The highest BCUT2D eigenvalue weighted by atomic mass is 16.3. The largest absolute Gasteiger partial charge is 0.385 e. The molecule has 1 nitrogen and oxygen atoms in total. The number of benzene rings is 1. The molecule has 0 saturated heterocycles. The normalized spacial score (nSPS) is 15.4. The Hall–Kier alpha value is -0.820. The van der Waals surface area contributed by atoms with Crippen LogP contribution in [0.1, 0.15) is 43.9 Å². The van der Waals surface area contributed by atoms with E-state index in [0.29, 0.717) is 0 Å². The number of aryl methyl sites for hydroxylation is 2. The summed E-state index contributed by atoms with van der Waals surface area (Å²) in [5.74, 6) is 0.240. The van der Waals surface area contributed by atoms with Crippen molar-refractivity contribution in [2.45, 2.75) is 46.6 Å². The van der Waals surface area contributed by atoms with Crippen LogP contribution in [0.5, 0.6) is 0 Å². The first-order chi connectivity index (χ1) is 6.90. The summed E-state index contributed by atoms with van der Waals surface area (Å²) in [4.78, 5) is 0. The maximum Gasteiger partial charge on any atom is 0.0916 e. The molecule has 0 saturated carbocycles. The summed E-state index contributed by atoms with van der Waals surface area (Å²) in [5.41, 5.74) is 2.81. The molecule has 1 N–H and O–H groups in total. The molecule has 0 heterocycles. The third-order valence-electron chi connectivity index (χ3n) is 3.22. The fourth-order valence-electron chi connectivity index (χ4n) is 2.17. The molecule has 1 aromatic carbocycles. The summed E-state index contributed by atoms with van der Waals surface area (Å²) < 4.78 is 0. The molecule has 1 heteroatoms. The Kier molecular flexibility index (Phi) is 3.56. The predicted octanol–water partition coefficient (Wildman–Crippen LogP) is 3.56. The van der Waals surface area contributed by atoms with Crippen molar-refractivity contribution in [3.8, 4) is 0 Å². The van der Waals surface area contributed by atoms with Crippen molar-refractivity contribution in [2.24, 2.45) is 5.92 Å². The van der Waals surface area contributed by atoms with Crippen LogP contribution in [-0.2, 0) is 5.60 Å². The van der Waals surface area contributed by atoms with Gasteiger partial charge >= 0.3 is 0 Å². The minimum Gasteiger partial charge on any atom is -0.385 e. The van der Waals surface area contributed by atoms with Crippen molar-refractivity contribution in [3.05, 3.63) is 34.9 Å². The van der Waals surface area contributed by atoms with Crippen LogP contribution in [0.4, 0.5) is 0 Å².